The molecule has 6 heteroatoms. The predicted octanol–water partition coefficient (Wildman–Crippen LogP) is 3.50. The van der Waals surface area contributed by atoms with Crippen molar-refractivity contribution in [2.24, 2.45) is 5.73 Å². The molecule has 98 valence electrons. The number of halogens is 3. The van der Waals surface area contributed by atoms with E-state index in [1.54, 1.807) is 11.4 Å². The minimum atomic E-state index is -0.799. The molecule has 1 atom stereocenters. The van der Waals surface area contributed by atoms with Crippen LogP contribution in [0.15, 0.2) is 29.0 Å². The van der Waals surface area contributed by atoms with Crippen molar-refractivity contribution in [2.75, 3.05) is 7.11 Å². The molecule has 0 aliphatic carbocycles. The highest BCUT2D eigenvalue weighted by molar-refractivity contribution is 7.08. The number of rotatable bonds is 3. The van der Waals surface area contributed by atoms with Gasteiger partial charge in [-0.25, -0.2) is 8.78 Å². The second kappa shape index (κ2) is 6.13. The molecule has 0 saturated heterocycles. The smallest absolute Gasteiger partial charge is 0.134 e. The van der Waals surface area contributed by atoms with Gasteiger partial charge in [0.2, 0.25) is 0 Å². The van der Waals surface area contributed by atoms with Crippen LogP contribution in [0.4, 0.5) is 8.78 Å². The van der Waals surface area contributed by atoms with Crippen LogP contribution in [0.3, 0.4) is 0 Å². The number of methoxy groups -OCH3 is 1. The van der Waals surface area contributed by atoms with E-state index in [2.05, 4.69) is 0 Å². The first-order valence-corrected chi connectivity index (χ1v) is 5.88. The molecule has 0 amide bonds. The molecule has 1 aromatic heterocycles. The molecule has 18 heavy (non-hydrogen) atoms. The fraction of sp³-hybridized carbons (Fsp3) is 0.167. The van der Waals surface area contributed by atoms with Crippen LogP contribution < -0.4 is 10.5 Å². The highest BCUT2D eigenvalue weighted by Gasteiger charge is 2.20. The standard InChI is InChI=1S/C12H11F2NOS.ClH/c1-16-8-4-9(13)11(10(14)5-8)12(15)7-2-3-17-6-7;/h2-6,12H,15H2,1H3;1H/t12-;/m1./s1. The molecule has 0 aliphatic heterocycles. The van der Waals surface area contributed by atoms with E-state index in [1.165, 1.54) is 18.4 Å². The summed E-state index contributed by atoms with van der Waals surface area (Å²) in [4.78, 5) is 0. The van der Waals surface area contributed by atoms with Gasteiger partial charge in [-0.05, 0) is 22.4 Å². The van der Waals surface area contributed by atoms with Crippen LogP contribution in [0.25, 0.3) is 0 Å². The summed E-state index contributed by atoms with van der Waals surface area (Å²) < 4.78 is 32.3. The molecular weight excluding hydrogens is 280 g/mol. The Kier molecular flexibility index (Phi) is 5.07. The largest absolute Gasteiger partial charge is 0.497 e. The second-order valence-electron chi connectivity index (χ2n) is 3.54. The van der Waals surface area contributed by atoms with Crippen molar-refractivity contribution < 1.29 is 13.5 Å². The monoisotopic (exact) mass is 291 g/mol. The Hall–Kier alpha value is -1.17. The maximum Gasteiger partial charge on any atom is 0.134 e. The molecule has 0 saturated carbocycles. The van der Waals surface area contributed by atoms with Crippen LogP contribution in [0, 0.1) is 11.6 Å². The highest BCUT2D eigenvalue weighted by Crippen LogP contribution is 2.29. The van der Waals surface area contributed by atoms with Crippen molar-refractivity contribution in [1.82, 2.24) is 0 Å². The molecule has 2 rings (SSSR count). The summed E-state index contributed by atoms with van der Waals surface area (Å²) in [5, 5.41) is 3.59. The van der Waals surface area contributed by atoms with E-state index >= 15 is 0 Å². The molecule has 2 N–H and O–H groups in total. The van der Waals surface area contributed by atoms with E-state index in [4.69, 9.17) is 10.5 Å². The van der Waals surface area contributed by atoms with Gasteiger partial charge in [0.05, 0.1) is 13.2 Å². The van der Waals surface area contributed by atoms with Crippen molar-refractivity contribution in [3.05, 3.63) is 51.7 Å². The van der Waals surface area contributed by atoms with E-state index in [1.807, 2.05) is 5.38 Å². The van der Waals surface area contributed by atoms with Crippen LogP contribution in [0.1, 0.15) is 17.2 Å². The Morgan fingerprint density at radius 2 is 1.89 bits per heavy atom. The molecule has 1 aromatic carbocycles. The molecule has 0 spiro atoms. The minimum Gasteiger partial charge on any atom is -0.497 e. The molecule has 1 heterocycles. The van der Waals surface area contributed by atoms with Crippen molar-refractivity contribution in [2.45, 2.75) is 6.04 Å². The third-order valence-electron chi connectivity index (χ3n) is 2.50. The van der Waals surface area contributed by atoms with E-state index in [9.17, 15) is 8.78 Å². The lowest BCUT2D eigenvalue weighted by Gasteiger charge is -2.13. The summed E-state index contributed by atoms with van der Waals surface area (Å²) in [6.45, 7) is 0. The van der Waals surface area contributed by atoms with Crippen LogP contribution in [-0.4, -0.2) is 7.11 Å². The lowest BCUT2D eigenvalue weighted by atomic mass is 10.0. The summed E-state index contributed by atoms with van der Waals surface area (Å²) >= 11 is 1.43. The first kappa shape index (κ1) is 14.9. The molecule has 0 fully saturated rings. The number of thiophene rings is 1. The van der Waals surface area contributed by atoms with E-state index in [0.29, 0.717) is 5.56 Å². The van der Waals surface area contributed by atoms with Crippen LogP contribution in [0.2, 0.25) is 0 Å². The quantitative estimate of drug-likeness (QED) is 0.939. The van der Waals surface area contributed by atoms with Crippen molar-refractivity contribution in [1.29, 1.82) is 0 Å². The summed E-state index contributed by atoms with van der Waals surface area (Å²) in [6.07, 6.45) is 0. The van der Waals surface area contributed by atoms with E-state index < -0.39 is 17.7 Å². The molecule has 2 nitrogen and oxygen atoms in total. The van der Waals surface area contributed by atoms with Gasteiger partial charge in [0.1, 0.15) is 17.4 Å². The third kappa shape index (κ3) is 2.80. The fourth-order valence-electron chi connectivity index (χ4n) is 1.59. The normalized spacial score (nSPS) is 11.8. The zero-order valence-electron chi connectivity index (χ0n) is 9.52. The molecule has 0 unspecified atom stereocenters. The van der Waals surface area contributed by atoms with Crippen molar-refractivity contribution in [3.8, 4) is 5.75 Å². The topological polar surface area (TPSA) is 35.2 Å². The average Bonchev–Trinajstić information content (AvgIpc) is 2.81. The second-order valence-corrected chi connectivity index (χ2v) is 4.32. The highest BCUT2D eigenvalue weighted by atomic mass is 35.5. The SMILES string of the molecule is COc1cc(F)c([C@H](N)c2ccsc2)c(F)c1.Cl. The van der Waals surface area contributed by atoms with Gasteiger partial charge in [-0.15, -0.1) is 12.4 Å². The summed E-state index contributed by atoms with van der Waals surface area (Å²) in [6, 6.07) is 3.21. The number of ether oxygens (including phenoxy) is 1. The first-order valence-electron chi connectivity index (χ1n) is 4.94. The van der Waals surface area contributed by atoms with Gasteiger partial charge >= 0.3 is 0 Å². The predicted molar refractivity (Wildman–Crippen MR) is 70.5 cm³/mol. The van der Waals surface area contributed by atoms with Gasteiger partial charge in [-0.3, -0.25) is 0 Å². The van der Waals surface area contributed by atoms with E-state index in [0.717, 1.165) is 12.1 Å². The van der Waals surface area contributed by atoms with Crippen LogP contribution >= 0.6 is 23.7 Å². The lowest BCUT2D eigenvalue weighted by molar-refractivity contribution is 0.404. The zero-order valence-corrected chi connectivity index (χ0v) is 11.2. The Bertz CT molecular complexity index is 496. The number of hydrogen-bond acceptors (Lipinski definition) is 3. The van der Waals surface area contributed by atoms with E-state index in [-0.39, 0.29) is 23.7 Å². The van der Waals surface area contributed by atoms with Gasteiger partial charge in [0.25, 0.3) is 0 Å². The fourth-order valence-corrected chi connectivity index (χ4v) is 2.29. The first-order chi connectivity index (χ1) is 8.13. The summed E-state index contributed by atoms with van der Waals surface area (Å²) in [7, 11) is 1.35. The van der Waals surface area contributed by atoms with Gasteiger partial charge in [0.15, 0.2) is 0 Å². The van der Waals surface area contributed by atoms with Crippen molar-refractivity contribution in [3.63, 3.8) is 0 Å². The number of hydrogen-bond donors (Lipinski definition) is 1. The van der Waals surface area contributed by atoms with Gasteiger partial charge in [-0.2, -0.15) is 11.3 Å². The number of nitrogens with two attached hydrogens (primary N) is 1. The maximum atomic E-state index is 13.7. The Morgan fingerprint density at radius 3 is 2.33 bits per heavy atom. The minimum absolute atomic E-state index is 0. The average molecular weight is 292 g/mol. The molecule has 2 aromatic rings. The molecular formula is C12H12ClF2NOS. The zero-order chi connectivity index (χ0) is 12.4. The Morgan fingerprint density at radius 1 is 1.28 bits per heavy atom. The summed E-state index contributed by atoms with van der Waals surface area (Å²) in [5.74, 6) is -1.25. The van der Waals surface area contributed by atoms with Crippen molar-refractivity contribution >= 4 is 23.7 Å². The molecule has 0 aliphatic rings. The van der Waals surface area contributed by atoms with Gasteiger partial charge < -0.3 is 10.5 Å². The Labute approximate surface area is 114 Å². The molecule has 0 bridgehead atoms. The molecule has 0 radical (unpaired) electrons. The number of benzene rings is 1. The van der Waals surface area contributed by atoms with Crippen LogP contribution in [-0.2, 0) is 0 Å². The maximum absolute atomic E-state index is 13.7. The van der Waals surface area contributed by atoms with Crippen LogP contribution in [0.5, 0.6) is 5.75 Å². The van der Waals surface area contributed by atoms with Gasteiger partial charge in [0, 0.05) is 17.7 Å². The van der Waals surface area contributed by atoms with Gasteiger partial charge in [-0.1, -0.05) is 0 Å². The Balaban J connectivity index is 0.00000162. The lowest BCUT2D eigenvalue weighted by Crippen LogP contribution is -2.15. The summed E-state index contributed by atoms with van der Waals surface area (Å²) in [5.41, 5.74) is 6.40. The third-order valence-corrected chi connectivity index (χ3v) is 3.20.